The summed E-state index contributed by atoms with van der Waals surface area (Å²) in [5.74, 6) is 0.0580. The van der Waals surface area contributed by atoms with Gasteiger partial charge in [0.15, 0.2) is 0 Å². The van der Waals surface area contributed by atoms with Crippen molar-refractivity contribution in [1.29, 1.82) is 0 Å². The lowest BCUT2D eigenvalue weighted by molar-refractivity contribution is 0.100. The maximum absolute atomic E-state index is 11.8. The first-order valence-corrected chi connectivity index (χ1v) is 7.78. The number of carbonyl (C=O) groups excluding carboxylic acids is 1. The minimum Gasteiger partial charge on any atom is -0.366 e. The predicted molar refractivity (Wildman–Crippen MR) is 89.2 cm³/mol. The SMILES string of the molecule is Cn1cc(-c2cc3c([C@H]4CCNC4)ccc(C(N)=O)c3[nH]2)cn1. The molecular formula is C17H19N5O. The van der Waals surface area contributed by atoms with Crippen LogP contribution in [0.1, 0.15) is 28.3 Å². The first kappa shape index (κ1) is 14.0. The first-order chi connectivity index (χ1) is 11.1. The Kier molecular flexibility index (Phi) is 3.20. The van der Waals surface area contributed by atoms with Crippen molar-refractivity contribution in [3.8, 4) is 11.3 Å². The molecule has 6 heteroatoms. The monoisotopic (exact) mass is 309 g/mol. The zero-order valence-corrected chi connectivity index (χ0v) is 13.0. The van der Waals surface area contributed by atoms with E-state index in [4.69, 9.17) is 5.73 Å². The van der Waals surface area contributed by atoms with Gasteiger partial charge in [-0.1, -0.05) is 6.07 Å². The van der Waals surface area contributed by atoms with Crippen LogP contribution in [0.2, 0.25) is 0 Å². The Morgan fingerprint density at radius 2 is 2.30 bits per heavy atom. The molecule has 6 nitrogen and oxygen atoms in total. The van der Waals surface area contributed by atoms with Crippen LogP contribution in [0.3, 0.4) is 0 Å². The van der Waals surface area contributed by atoms with Gasteiger partial charge in [0.05, 0.1) is 17.3 Å². The summed E-state index contributed by atoms with van der Waals surface area (Å²) in [4.78, 5) is 15.1. The largest absolute Gasteiger partial charge is 0.366 e. The molecule has 23 heavy (non-hydrogen) atoms. The number of nitrogens with two attached hydrogens (primary N) is 1. The summed E-state index contributed by atoms with van der Waals surface area (Å²) in [6.45, 7) is 2.00. The molecule has 1 aliphatic rings. The molecule has 0 spiro atoms. The van der Waals surface area contributed by atoms with Gasteiger partial charge in [0, 0.05) is 36.4 Å². The molecule has 1 saturated heterocycles. The average Bonchev–Trinajstić information content (AvgIpc) is 3.25. The topological polar surface area (TPSA) is 88.7 Å². The van der Waals surface area contributed by atoms with Crippen molar-refractivity contribution in [2.24, 2.45) is 12.8 Å². The van der Waals surface area contributed by atoms with Gasteiger partial charge >= 0.3 is 0 Å². The smallest absolute Gasteiger partial charge is 0.250 e. The van der Waals surface area contributed by atoms with Crippen molar-refractivity contribution >= 4 is 16.8 Å². The number of benzene rings is 1. The predicted octanol–water partition coefficient (Wildman–Crippen LogP) is 1.74. The minimum atomic E-state index is -0.411. The van der Waals surface area contributed by atoms with Crippen LogP contribution in [0.4, 0.5) is 0 Å². The van der Waals surface area contributed by atoms with Gasteiger partial charge < -0.3 is 16.0 Å². The maximum Gasteiger partial charge on any atom is 0.250 e. The van der Waals surface area contributed by atoms with E-state index < -0.39 is 5.91 Å². The Labute approximate surface area is 133 Å². The van der Waals surface area contributed by atoms with Crippen molar-refractivity contribution in [1.82, 2.24) is 20.1 Å². The van der Waals surface area contributed by atoms with Gasteiger partial charge in [-0.15, -0.1) is 0 Å². The lowest BCUT2D eigenvalue weighted by Gasteiger charge is -2.11. The molecule has 1 atom stereocenters. The molecule has 1 amide bonds. The first-order valence-electron chi connectivity index (χ1n) is 7.78. The second kappa shape index (κ2) is 5.24. The molecule has 4 N–H and O–H groups in total. The van der Waals surface area contributed by atoms with Crippen LogP contribution >= 0.6 is 0 Å². The van der Waals surface area contributed by atoms with Gasteiger partial charge in [-0.25, -0.2) is 0 Å². The van der Waals surface area contributed by atoms with Crippen molar-refractivity contribution in [2.75, 3.05) is 13.1 Å². The highest BCUT2D eigenvalue weighted by Gasteiger charge is 2.22. The zero-order valence-electron chi connectivity index (χ0n) is 13.0. The summed E-state index contributed by atoms with van der Waals surface area (Å²) in [5.41, 5.74) is 10.1. The van der Waals surface area contributed by atoms with Crippen LogP contribution in [0.25, 0.3) is 22.2 Å². The Bertz CT molecular complexity index is 886. The van der Waals surface area contributed by atoms with Gasteiger partial charge in [-0.3, -0.25) is 9.48 Å². The zero-order chi connectivity index (χ0) is 16.0. The third kappa shape index (κ3) is 2.31. The standard InChI is InChI=1S/C17H19N5O/c1-22-9-11(8-20-22)15-6-14-12(10-4-5-19-7-10)2-3-13(17(18)23)16(14)21-15/h2-3,6,8-10,19,21H,4-5,7H2,1H3,(H2,18,23)/t10-/m0/s1. The number of nitrogens with zero attached hydrogens (tertiary/aromatic N) is 2. The van der Waals surface area contributed by atoms with Gasteiger partial charge in [0.1, 0.15) is 0 Å². The number of aromatic nitrogens is 3. The van der Waals surface area contributed by atoms with Crippen molar-refractivity contribution in [3.05, 3.63) is 41.7 Å². The normalized spacial score (nSPS) is 17.9. The number of primary amides is 1. The molecule has 4 rings (SSSR count). The van der Waals surface area contributed by atoms with Gasteiger partial charge in [0.25, 0.3) is 5.91 Å². The molecule has 3 aromatic rings. The van der Waals surface area contributed by atoms with E-state index in [0.29, 0.717) is 11.5 Å². The number of carbonyl (C=O) groups is 1. The molecule has 0 bridgehead atoms. The van der Waals surface area contributed by atoms with Crippen LogP contribution in [0, 0.1) is 0 Å². The number of rotatable bonds is 3. The summed E-state index contributed by atoms with van der Waals surface area (Å²) in [5, 5.41) is 8.69. The number of hydrogen-bond acceptors (Lipinski definition) is 3. The number of H-pyrrole nitrogens is 1. The van der Waals surface area contributed by atoms with E-state index in [-0.39, 0.29) is 0 Å². The number of aryl methyl sites for hydroxylation is 1. The molecule has 0 radical (unpaired) electrons. The fourth-order valence-electron chi connectivity index (χ4n) is 3.44. The molecule has 0 aliphatic carbocycles. The molecule has 118 valence electrons. The fourth-order valence-corrected chi connectivity index (χ4v) is 3.44. The molecule has 1 aromatic carbocycles. The molecule has 2 aromatic heterocycles. The number of aromatic amines is 1. The third-order valence-corrected chi connectivity index (χ3v) is 4.61. The summed E-state index contributed by atoms with van der Waals surface area (Å²) < 4.78 is 1.76. The lowest BCUT2D eigenvalue weighted by Crippen LogP contribution is -2.12. The fraction of sp³-hybridized carbons (Fsp3) is 0.294. The number of nitrogens with one attached hydrogen (secondary N) is 2. The van der Waals surface area contributed by atoms with E-state index in [0.717, 1.165) is 41.7 Å². The second-order valence-corrected chi connectivity index (χ2v) is 6.13. The van der Waals surface area contributed by atoms with E-state index in [1.54, 1.807) is 4.68 Å². The van der Waals surface area contributed by atoms with Gasteiger partial charge in [0.2, 0.25) is 0 Å². The Hall–Kier alpha value is -2.60. The molecule has 0 unspecified atom stereocenters. The third-order valence-electron chi connectivity index (χ3n) is 4.61. The summed E-state index contributed by atoms with van der Waals surface area (Å²) in [6.07, 6.45) is 4.87. The summed E-state index contributed by atoms with van der Waals surface area (Å²) in [7, 11) is 1.89. The number of fused-ring (bicyclic) bond motifs is 1. The quantitative estimate of drug-likeness (QED) is 0.688. The van der Waals surface area contributed by atoms with Gasteiger partial charge in [-0.2, -0.15) is 5.10 Å². The van der Waals surface area contributed by atoms with Crippen LogP contribution in [0.5, 0.6) is 0 Å². The van der Waals surface area contributed by atoms with Crippen LogP contribution in [-0.4, -0.2) is 33.8 Å². The molecule has 3 heterocycles. The van der Waals surface area contributed by atoms with Crippen molar-refractivity contribution in [2.45, 2.75) is 12.3 Å². The minimum absolute atomic E-state index is 0.411. The van der Waals surface area contributed by atoms with E-state index in [1.165, 1.54) is 5.56 Å². The van der Waals surface area contributed by atoms with E-state index in [9.17, 15) is 4.79 Å². The van der Waals surface area contributed by atoms with Crippen LogP contribution in [-0.2, 0) is 7.05 Å². The van der Waals surface area contributed by atoms with E-state index in [1.807, 2.05) is 31.6 Å². The van der Waals surface area contributed by atoms with Gasteiger partial charge in [-0.05, 0) is 36.6 Å². The lowest BCUT2D eigenvalue weighted by atomic mass is 9.93. The Morgan fingerprint density at radius 3 is 2.96 bits per heavy atom. The maximum atomic E-state index is 11.8. The second-order valence-electron chi connectivity index (χ2n) is 6.13. The highest BCUT2D eigenvalue weighted by atomic mass is 16.1. The average molecular weight is 309 g/mol. The summed E-state index contributed by atoms with van der Waals surface area (Å²) >= 11 is 0. The molecular weight excluding hydrogens is 290 g/mol. The molecule has 1 fully saturated rings. The molecule has 0 saturated carbocycles. The van der Waals surface area contributed by atoms with Crippen molar-refractivity contribution < 1.29 is 4.79 Å². The van der Waals surface area contributed by atoms with E-state index >= 15 is 0 Å². The van der Waals surface area contributed by atoms with Crippen molar-refractivity contribution in [3.63, 3.8) is 0 Å². The Balaban J connectivity index is 1.93. The number of amides is 1. The van der Waals surface area contributed by atoms with E-state index in [2.05, 4.69) is 21.5 Å². The number of hydrogen-bond donors (Lipinski definition) is 3. The highest BCUT2D eigenvalue weighted by molar-refractivity contribution is 6.07. The molecule has 1 aliphatic heterocycles. The van der Waals surface area contributed by atoms with Crippen LogP contribution < -0.4 is 11.1 Å². The summed E-state index contributed by atoms with van der Waals surface area (Å²) in [6, 6.07) is 5.98. The van der Waals surface area contributed by atoms with Crippen LogP contribution in [0.15, 0.2) is 30.6 Å². The highest BCUT2D eigenvalue weighted by Crippen LogP contribution is 2.34. The Morgan fingerprint density at radius 1 is 1.43 bits per heavy atom.